The molecule has 2 rings (SSSR count). The minimum Gasteiger partial charge on any atom is -0.326 e. The summed E-state index contributed by atoms with van der Waals surface area (Å²) in [4.78, 5) is 0. The first-order chi connectivity index (χ1) is 8.68. The van der Waals surface area contributed by atoms with E-state index in [0.29, 0.717) is 5.54 Å². The second-order valence-electron chi connectivity index (χ2n) is 5.95. The van der Waals surface area contributed by atoms with Gasteiger partial charge in [0, 0.05) is 18.1 Å². The molecule has 3 N–H and O–H groups in total. The average molecular weight is 246 g/mol. The van der Waals surface area contributed by atoms with Crippen molar-refractivity contribution in [2.24, 2.45) is 5.73 Å². The van der Waals surface area contributed by atoms with E-state index in [-0.39, 0.29) is 6.04 Å². The van der Waals surface area contributed by atoms with E-state index < -0.39 is 0 Å². The number of hydrogen-bond acceptors (Lipinski definition) is 2. The maximum absolute atomic E-state index is 6.22. The number of nitrogens with two attached hydrogens (primary N) is 1. The molecule has 1 atom stereocenters. The van der Waals surface area contributed by atoms with E-state index in [4.69, 9.17) is 5.73 Å². The Balaban J connectivity index is 1.76. The lowest BCUT2D eigenvalue weighted by atomic mass is 9.83. The van der Waals surface area contributed by atoms with Gasteiger partial charge < -0.3 is 11.1 Å². The number of hydrogen-bond donors (Lipinski definition) is 2. The summed E-state index contributed by atoms with van der Waals surface area (Å²) < 4.78 is 0. The van der Waals surface area contributed by atoms with Gasteiger partial charge in [0.15, 0.2) is 0 Å². The molecule has 1 aromatic rings. The third-order valence-electron chi connectivity index (χ3n) is 4.09. The average Bonchev–Trinajstić information content (AvgIpc) is 2.39. The predicted molar refractivity (Wildman–Crippen MR) is 77.6 cm³/mol. The summed E-state index contributed by atoms with van der Waals surface area (Å²) in [5, 5.41) is 3.69. The first-order valence-electron chi connectivity index (χ1n) is 7.22. The van der Waals surface area contributed by atoms with Crippen molar-refractivity contribution in [1.82, 2.24) is 5.32 Å². The number of rotatable bonds is 5. The smallest absolute Gasteiger partial charge is 0.0206 e. The standard InChI is InChI=1S/C16H26N2/c1-16(10-6-3-7-11-16)18-13-15(17)12-14-8-4-2-5-9-14/h2,4-5,8-9,15,18H,3,6-7,10-13,17H2,1H3. The zero-order valence-corrected chi connectivity index (χ0v) is 11.5. The Labute approximate surface area is 111 Å². The van der Waals surface area contributed by atoms with Crippen LogP contribution in [-0.4, -0.2) is 18.1 Å². The van der Waals surface area contributed by atoms with Crippen LogP contribution >= 0.6 is 0 Å². The maximum Gasteiger partial charge on any atom is 0.0206 e. The Morgan fingerprint density at radius 2 is 1.83 bits per heavy atom. The quantitative estimate of drug-likeness (QED) is 0.838. The number of nitrogens with one attached hydrogen (secondary N) is 1. The molecule has 0 bridgehead atoms. The molecular weight excluding hydrogens is 220 g/mol. The highest BCUT2D eigenvalue weighted by atomic mass is 15.0. The van der Waals surface area contributed by atoms with Crippen LogP contribution in [0.5, 0.6) is 0 Å². The van der Waals surface area contributed by atoms with Crippen LogP contribution in [0, 0.1) is 0 Å². The molecule has 0 radical (unpaired) electrons. The molecule has 100 valence electrons. The number of benzene rings is 1. The Bertz CT molecular complexity index is 341. The highest BCUT2D eigenvalue weighted by Crippen LogP contribution is 2.27. The monoisotopic (exact) mass is 246 g/mol. The third-order valence-corrected chi connectivity index (χ3v) is 4.09. The fraction of sp³-hybridized carbons (Fsp3) is 0.625. The van der Waals surface area contributed by atoms with Crippen molar-refractivity contribution in [3.63, 3.8) is 0 Å². The molecule has 1 aliphatic carbocycles. The van der Waals surface area contributed by atoms with E-state index in [1.807, 2.05) is 0 Å². The summed E-state index contributed by atoms with van der Waals surface area (Å²) >= 11 is 0. The van der Waals surface area contributed by atoms with Crippen molar-refractivity contribution in [3.05, 3.63) is 35.9 Å². The normalized spacial score (nSPS) is 20.6. The minimum atomic E-state index is 0.214. The Morgan fingerprint density at radius 3 is 2.50 bits per heavy atom. The van der Waals surface area contributed by atoms with E-state index in [0.717, 1.165) is 13.0 Å². The van der Waals surface area contributed by atoms with Crippen LogP contribution in [0.4, 0.5) is 0 Å². The highest BCUT2D eigenvalue weighted by Gasteiger charge is 2.26. The van der Waals surface area contributed by atoms with Crippen LogP contribution in [0.15, 0.2) is 30.3 Å². The highest BCUT2D eigenvalue weighted by molar-refractivity contribution is 5.15. The fourth-order valence-corrected chi connectivity index (χ4v) is 2.88. The van der Waals surface area contributed by atoms with Crippen molar-refractivity contribution >= 4 is 0 Å². The molecule has 0 saturated heterocycles. The Morgan fingerprint density at radius 1 is 1.17 bits per heavy atom. The van der Waals surface area contributed by atoms with Gasteiger partial charge in [0.25, 0.3) is 0 Å². The van der Waals surface area contributed by atoms with Gasteiger partial charge in [0.05, 0.1) is 0 Å². The molecule has 18 heavy (non-hydrogen) atoms. The second-order valence-corrected chi connectivity index (χ2v) is 5.95. The largest absolute Gasteiger partial charge is 0.326 e. The van der Waals surface area contributed by atoms with Crippen molar-refractivity contribution in [3.8, 4) is 0 Å². The lowest BCUT2D eigenvalue weighted by Gasteiger charge is -2.35. The van der Waals surface area contributed by atoms with Gasteiger partial charge in [0.2, 0.25) is 0 Å². The van der Waals surface area contributed by atoms with E-state index in [1.54, 1.807) is 0 Å². The summed E-state index contributed by atoms with van der Waals surface area (Å²) in [6.45, 7) is 3.27. The van der Waals surface area contributed by atoms with Gasteiger partial charge in [-0.3, -0.25) is 0 Å². The first kappa shape index (κ1) is 13.6. The molecule has 0 amide bonds. The maximum atomic E-state index is 6.22. The SMILES string of the molecule is CC1(NCC(N)Cc2ccccc2)CCCCC1. The van der Waals surface area contributed by atoms with Crippen LogP contribution in [0.1, 0.15) is 44.6 Å². The van der Waals surface area contributed by atoms with Crippen LogP contribution in [0.2, 0.25) is 0 Å². The van der Waals surface area contributed by atoms with Crippen LogP contribution in [0.25, 0.3) is 0 Å². The lowest BCUT2D eigenvalue weighted by molar-refractivity contribution is 0.249. The topological polar surface area (TPSA) is 38.0 Å². The van der Waals surface area contributed by atoms with E-state index in [2.05, 4.69) is 42.6 Å². The van der Waals surface area contributed by atoms with Gasteiger partial charge in [-0.2, -0.15) is 0 Å². The van der Waals surface area contributed by atoms with Gasteiger partial charge >= 0.3 is 0 Å². The lowest BCUT2D eigenvalue weighted by Crippen LogP contribution is -2.49. The molecule has 0 spiro atoms. The molecule has 2 heteroatoms. The Kier molecular flexibility index (Phi) is 4.79. The molecule has 0 aromatic heterocycles. The molecule has 1 aliphatic rings. The van der Waals surface area contributed by atoms with Gasteiger partial charge in [-0.15, -0.1) is 0 Å². The third kappa shape index (κ3) is 4.11. The molecule has 1 fully saturated rings. The zero-order valence-electron chi connectivity index (χ0n) is 11.5. The van der Waals surface area contributed by atoms with Crippen molar-refractivity contribution < 1.29 is 0 Å². The van der Waals surface area contributed by atoms with Crippen LogP contribution in [-0.2, 0) is 6.42 Å². The molecule has 1 saturated carbocycles. The molecule has 2 nitrogen and oxygen atoms in total. The second kappa shape index (κ2) is 6.35. The first-order valence-corrected chi connectivity index (χ1v) is 7.22. The van der Waals surface area contributed by atoms with Crippen molar-refractivity contribution in [1.29, 1.82) is 0 Å². The Hall–Kier alpha value is -0.860. The molecular formula is C16H26N2. The van der Waals surface area contributed by atoms with Gasteiger partial charge in [-0.1, -0.05) is 49.6 Å². The van der Waals surface area contributed by atoms with E-state index in [1.165, 1.54) is 37.7 Å². The fourth-order valence-electron chi connectivity index (χ4n) is 2.88. The van der Waals surface area contributed by atoms with Gasteiger partial charge in [-0.25, -0.2) is 0 Å². The van der Waals surface area contributed by atoms with E-state index >= 15 is 0 Å². The zero-order chi connectivity index (χ0) is 12.8. The molecule has 1 aromatic carbocycles. The summed E-state index contributed by atoms with van der Waals surface area (Å²) in [6.07, 6.45) is 7.67. The molecule has 0 aliphatic heterocycles. The van der Waals surface area contributed by atoms with Crippen LogP contribution in [0.3, 0.4) is 0 Å². The summed E-state index contributed by atoms with van der Waals surface area (Å²) in [5.41, 5.74) is 7.88. The van der Waals surface area contributed by atoms with Crippen LogP contribution < -0.4 is 11.1 Å². The van der Waals surface area contributed by atoms with Gasteiger partial charge in [-0.05, 0) is 31.7 Å². The summed E-state index contributed by atoms with van der Waals surface area (Å²) in [7, 11) is 0. The predicted octanol–water partition coefficient (Wildman–Crippen LogP) is 2.87. The van der Waals surface area contributed by atoms with E-state index in [9.17, 15) is 0 Å². The summed E-state index contributed by atoms with van der Waals surface area (Å²) in [5.74, 6) is 0. The summed E-state index contributed by atoms with van der Waals surface area (Å²) in [6, 6.07) is 10.7. The van der Waals surface area contributed by atoms with Crippen molar-refractivity contribution in [2.45, 2.75) is 57.0 Å². The van der Waals surface area contributed by atoms with Crippen molar-refractivity contribution in [2.75, 3.05) is 6.54 Å². The molecule has 1 unspecified atom stereocenters. The minimum absolute atomic E-state index is 0.214. The van der Waals surface area contributed by atoms with Gasteiger partial charge in [0.1, 0.15) is 0 Å². The molecule has 0 heterocycles.